The van der Waals surface area contributed by atoms with Crippen LogP contribution in [0, 0.1) is 0 Å². The lowest BCUT2D eigenvalue weighted by Crippen LogP contribution is -2.44. The molecule has 1 heterocycles. The number of hydrogen-bond acceptors (Lipinski definition) is 4. The average Bonchev–Trinajstić information content (AvgIpc) is 2.46. The second-order valence-corrected chi connectivity index (χ2v) is 2.87. The summed E-state index contributed by atoms with van der Waals surface area (Å²) in [5.41, 5.74) is 8.56. The Morgan fingerprint density at radius 3 is 3.08 bits per heavy atom. The van der Waals surface area contributed by atoms with E-state index in [0.29, 0.717) is 18.8 Å². The second kappa shape index (κ2) is 4.25. The molecule has 74 valence electrons. The van der Waals surface area contributed by atoms with E-state index in [1.54, 1.807) is 20.1 Å². The van der Waals surface area contributed by atoms with Gasteiger partial charge in [0.25, 0.3) is 0 Å². The quantitative estimate of drug-likeness (QED) is 0.625. The Kier molecular flexibility index (Phi) is 3.27. The second-order valence-electron chi connectivity index (χ2n) is 2.87. The fourth-order valence-electron chi connectivity index (χ4n) is 1.20. The zero-order chi connectivity index (χ0) is 9.84. The Balaban J connectivity index is 2.55. The normalized spacial score (nSPS) is 21.8. The number of carbonyl (C=O) groups excluding carboxylic acids is 1. The summed E-state index contributed by atoms with van der Waals surface area (Å²) < 4.78 is 4.94. The molecule has 0 aliphatic carbocycles. The molecule has 5 heteroatoms. The van der Waals surface area contributed by atoms with Crippen LogP contribution < -0.4 is 11.2 Å². The van der Waals surface area contributed by atoms with Crippen molar-refractivity contribution in [2.45, 2.75) is 19.4 Å². The van der Waals surface area contributed by atoms with Crippen molar-refractivity contribution in [2.75, 3.05) is 13.7 Å². The summed E-state index contributed by atoms with van der Waals surface area (Å²) in [6, 6.07) is 0.000463. The molecule has 0 aromatic carbocycles. The summed E-state index contributed by atoms with van der Waals surface area (Å²) in [7, 11) is 1.61. The van der Waals surface area contributed by atoms with Crippen molar-refractivity contribution in [3.05, 3.63) is 11.9 Å². The molecule has 3 N–H and O–H groups in total. The minimum Gasteiger partial charge on any atom is -0.384 e. The molecule has 0 saturated carbocycles. The number of nitrogens with two attached hydrogens (primary N) is 1. The highest BCUT2D eigenvalue weighted by molar-refractivity contribution is 5.77. The highest BCUT2D eigenvalue weighted by Crippen LogP contribution is 2.08. The van der Waals surface area contributed by atoms with Gasteiger partial charge in [-0.05, 0) is 6.08 Å². The molecule has 0 radical (unpaired) electrons. The van der Waals surface area contributed by atoms with Crippen molar-refractivity contribution in [3.8, 4) is 0 Å². The molecule has 0 aromatic rings. The van der Waals surface area contributed by atoms with Gasteiger partial charge in [0.2, 0.25) is 5.91 Å². The third-order valence-electron chi connectivity index (χ3n) is 1.82. The first-order valence-corrected chi connectivity index (χ1v) is 4.24. The van der Waals surface area contributed by atoms with Gasteiger partial charge in [-0.25, -0.2) is 10.4 Å². The van der Waals surface area contributed by atoms with Crippen molar-refractivity contribution < 1.29 is 9.53 Å². The molecule has 0 bridgehead atoms. The minimum absolute atomic E-state index is 0.000463. The topological polar surface area (TPSA) is 67.6 Å². The monoisotopic (exact) mass is 185 g/mol. The molecule has 0 saturated heterocycles. The predicted octanol–water partition coefficient (Wildman–Crippen LogP) is -0.442. The van der Waals surface area contributed by atoms with Gasteiger partial charge in [-0.2, -0.15) is 0 Å². The Labute approximate surface area is 77.5 Å². The summed E-state index contributed by atoms with van der Waals surface area (Å²) in [6.07, 6.45) is 2.21. The van der Waals surface area contributed by atoms with Gasteiger partial charge < -0.3 is 10.5 Å². The van der Waals surface area contributed by atoms with Gasteiger partial charge in [-0.15, -0.1) is 0 Å². The summed E-state index contributed by atoms with van der Waals surface area (Å²) in [5.74, 6) is 0.418. The fourth-order valence-corrected chi connectivity index (χ4v) is 1.20. The van der Waals surface area contributed by atoms with E-state index in [2.05, 4.69) is 5.43 Å². The van der Waals surface area contributed by atoms with Gasteiger partial charge in [0.1, 0.15) is 5.82 Å². The fraction of sp³-hybridized carbons (Fsp3) is 0.625. The first-order chi connectivity index (χ1) is 6.19. The highest BCUT2D eigenvalue weighted by atomic mass is 16.5. The number of nitrogens with zero attached hydrogens (tertiary/aromatic N) is 1. The van der Waals surface area contributed by atoms with Crippen LogP contribution in [0.1, 0.15) is 13.3 Å². The maximum atomic E-state index is 11.3. The van der Waals surface area contributed by atoms with E-state index in [0.717, 1.165) is 0 Å². The summed E-state index contributed by atoms with van der Waals surface area (Å²) in [6.45, 7) is 2.30. The Bertz CT molecular complexity index is 227. The van der Waals surface area contributed by atoms with Crippen molar-refractivity contribution in [1.29, 1.82) is 0 Å². The molecular weight excluding hydrogens is 170 g/mol. The van der Waals surface area contributed by atoms with Crippen molar-refractivity contribution >= 4 is 5.91 Å². The number of hydrogen-bond donors (Lipinski definition) is 2. The van der Waals surface area contributed by atoms with Gasteiger partial charge in [-0.1, -0.05) is 6.92 Å². The summed E-state index contributed by atoms with van der Waals surface area (Å²) in [5, 5.41) is 1.36. The van der Waals surface area contributed by atoms with Crippen LogP contribution in [-0.4, -0.2) is 30.7 Å². The van der Waals surface area contributed by atoms with E-state index < -0.39 is 0 Å². The van der Waals surface area contributed by atoms with E-state index in [1.165, 1.54) is 5.01 Å². The van der Waals surface area contributed by atoms with E-state index in [-0.39, 0.29) is 11.9 Å². The van der Waals surface area contributed by atoms with Crippen LogP contribution in [0.2, 0.25) is 0 Å². The molecular formula is C8H15N3O2. The SMILES string of the molecule is CCC(=O)N1NC(COC)C=C1N. The zero-order valence-electron chi connectivity index (χ0n) is 7.91. The molecule has 1 rings (SSSR count). The molecule has 1 aliphatic heterocycles. The standard InChI is InChI=1S/C8H15N3O2/c1-3-8(12)11-7(9)4-6(10-11)5-13-2/h4,6,10H,3,5,9H2,1-2H3. The maximum Gasteiger partial charge on any atom is 0.242 e. The highest BCUT2D eigenvalue weighted by Gasteiger charge is 2.24. The maximum absolute atomic E-state index is 11.3. The van der Waals surface area contributed by atoms with Crippen LogP contribution in [-0.2, 0) is 9.53 Å². The van der Waals surface area contributed by atoms with Gasteiger partial charge in [0.05, 0.1) is 12.6 Å². The van der Waals surface area contributed by atoms with Crippen LogP contribution in [0.4, 0.5) is 0 Å². The smallest absolute Gasteiger partial charge is 0.242 e. The molecule has 1 aliphatic rings. The van der Waals surface area contributed by atoms with Crippen molar-refractivity contribution in [3.63, 3.8) is 0 Å². The number of methoxy groups -OCH3 is 1. The van der Waals surface area contributed by atoms with Crippen LogP contribution in [0.15, 0.2) is 11.9 Å². The van der Waals surface area contributed by atoms with Crippen LogP contribution >= 0.6 is 0 Å². The number of carbonyl (C=O) groups is 1. The van der Waals surface area contributed by atoms with Crippen LogP contribution in [0.5, 0.6) is 0 Å². The lowest BCUT2D eigenvalue weighted by Gasteiger charge is -2.18. The third kappa shape index (κ3) is 2.19. The number of amides is 1. The van der Waals surface area contributed by atoms with Crippen LogP contribution in [0.25, 0.3) is 0 Å². The van der Waals surface area contributed by atoms with Crippen molar-refractivity contribution in [2.24, 2.45) is 5.73 Å². The third-order valence-corrected chi connectivity index (χ3v) is 1.82. The molecule has 0 aromatic heterocycles. The first kappa shape index (κ1) is 10.0. The lowest BCUT2D eigenvalue weighted by molar-refractivity contribution is -0.131. The number of nitrogens with one attached hydrogen (secondary N) is 1. The van der Waals surface area contributed by atoms with E-state index in [9.17, 15) is 4.79 Å². The number of ether oxygens (including phenoxy) is 1. The summed E-state index contributed by atoms with van der Waals surface area (Å²) in [4.78, 5) is 11.3. The summed E-state index contributed by atoms with van der Waals surface area (Å²) >= 11 is 0. The molecule has 13 heavy (non-hydrogen) atoms. The number of hydrazine groups is 1. The van der Waals surface area contributed by atoms with E-state index >= 15 is 0 Å². The van der Waals surface area contributed by atoms with Gasteiger partial charge >= 0.3 is 0 Å². The van der Waals surface area contributed by atoms with E-state index in [1.807, 2.05) is 0 Å². The van der Waals surface area contributed by atoms with Gasteiger partial charge in [0.15, 0.2) is 0 Å². The Hall–Kier alpha value is -1.07. The molecule has 1 atom stereocenters. The minimum atomic E-state index is -0.0349. The molecule has 0 fully saturated rings. The van der Waals surface area contributed by atoms with E-state index in [4.69, 9.17) is 10.5 Å². The van der Waals surface area contributed by atoms with Crippen molar-refractivity contribution in [1.82, 2.24) is 10.4 Å². The van der Waals surface area contributed by atoms with Gasteiger partial charge in [0, 0.05) is 13.5 Å². The Morgan fingerprint density at radius 2 is 2.54 bits per heavy atom. The predicted molar refractivity (Wildman–Crippen MR) is 48.2 cm³/mol. The zero-order valence-corrected chi connectivity index (χ0v) is 7.91. The largest absolute Gasteiger partial charge is 0.384 e. The first-order valence-electron chi connectivity index (χ1n) is 4.24. The molecule has 0 spiro atoms. The van der Waals surface area contributed by atoms with Crippen LogP contribution in [0.3, 0.4) is 0 Å². The average molecular weight is 185 g/mol. The Morgan fingerprint density at radius 1 is 1.85 bits per heavy atom. The molecule has 1 unspecified atom stereocenters. The molecule has 5 nitrogen and oxygen atoms in total. The number of rotatable bonds is 3. The lowest BCUT2D eigenvalue weighted by atomic mass is 10.3. The molecule has 1 amide bonds. The van der Waals surface area contributed by atoms with Gasteiger partial charge in [-0.3, -0.25) is 4.79 Å².